The van der Waals surface area contributed by atoms with Crippen LogP contribution in [0, 0.1) is 12.7 Å². The third-order valence-electron chi connectivity index (χ3n) is 3.64. The number of benzene rings is 1. The van der Waals surface area contributed by atoms with Crippen LogP contribution in [0.3, 0.4) is 0 Å². The summed E-state index contributed by atoms with van der Waals surface area (Å²) in [4.78, 5) is 21.5. The molecule has 0 aliphatic rings. The van der Waals surface area contributed by atoms with E-state index in [1.807, 2.05) is 6.92 Å². The molecule has 5 nitrogen and oxygen atoms in total. The Morgan fingerprint density at radius 3 is 2.65 bits per heavy atom. The van der Waals surface area contributed by atoms with E-state index in [0.29, 0.717) is 16.0 Å². The SMILES string of the molecule is Cc1sc2nc(-c3cn[nH]c3)[nH]c(=O)c2c1-c1ccc(F)cc1. The molecular formula is C16H11FN4OS. The van der Waals surface area contributed by atoms with Gasteiger partial charge in [0, 0.05) is 16.6 Å². The molecule has 0 amide bonds. The number of aromatic amines is 2. The number of aryl methyl sites for hydroxylation is 1. The quantitative estimate of drug-likeness (QED) is 0.592. The molecule has 0 saturated heterocycles. The number of hydrogen-bond donors (Lipinski definition) is 2. The van der Waals surface area contributed by atoms with Crippen LogP contribution < -0.4 is 5.56 Å². The molecule has 7 heteroatoms. The van der Waals surface area contributed by atoms with E-state index < -0.39 is 0 Å². The van der Waals surface area contributed by atoms with Crippen LogP contribution in [0.1, 0.15) is 4.88 Å². The first-order valence-electron chi connectivity index (χ1n) is 6.92. The van der Waals surface area contributed by atoms with E-state index in [0.717, 1.165) is 21.6 Å². The van der Waals surface area contributed by atoms with Crippen LogP contribution in [-0.4, -0.2) is 20.2 Å². The van der Waals surface area contributed by atoms with Gasteiger partial charge in [0.1, 0.15) is 16.5 Å². The second kappa shape index (κ2) is 5.13. The lowest BCUT2D eigenvalue weighted by Gasteiger charge is -2.02. The van der Waals surface area contributed by atoms with Crippen LogP contribution in [-0.2, 0) is 0 Å². The molecule has 0 aliphatic heterocycles. The Hall–Kier alpha value is -2.80. The smallest absolute Gasteiger partial charge is 0.260 e. The summed E-state index contributed by atoms with van der Waals surface area (Å²) in [5.74, 6) is 0.170. The van der Waals surface area contributed by atoms with Crippen molar-refractivity contribution in [1.82, 2.24) is 20.2 Å². The fourth-order valence-electron chi connectivity index (χ4n) is 2.60. The molecule has 0 aliphatic carbocycles. The Bertz CT molecular complexity index is 1050. The lowest BCUT2D eigenvalue weighted by atomic mass is 10.0. The van der Waals surface area contributed by atoms with Crippen LogP contribution in [0.15, 0.2) is 41.5 Å². The van der Waals surface area contributed by atoms with Crippen LogP contribution >= 0.6 is 11.3 Å². The third-order valence-corrected chi connectivity index (χ3v) is 4.64. The van der Waals surface area contributed by atoms with Gasteiger partial charge in [0.15, 0.2) is 0 Å². The summed E-state index contributed by atoms with van der Waals surface area (Å²) in [7, 11) is 0. The highest BCUT2D eigenvalue weighted by Gasteiger charge is 2.17. The summed E-state index contributed by atoms with van der Waals surface area (Å²) in [6.07, 6.45) is 3.27. The number of aromatic nitrogens is 4. The van der Waals surface area contributed by atoms with E-state index >= 15 is 0 Å². The van der Waals surface area contributed by atoms with E-state index in [2.05, 4.69) is 20.2 Å². The summed E-state index contributed by atoms with van der Waals surface area (Å²) < 4.78 is 13.1. The summed E-state index contributed by atoms with van der Waals surface area (Å²) >= 11 is 1.45. The first-order valence-corrected chi connectivity index (χ1v) is 7.73. The molecule has 114 valence electrons. The maximum absolute atomic E-state index is 13.1. The Labute approximate surface area is 133 Å². The molecule has 4 rings (SSSR count). The number of nitrogens with one attached hydrogen (secondary N) is 2. The molecule has 0 bridgehead atoms. The molecule has 1 aromatic carbocycles. The Morgan fingerprint density at radius 1 is 1.17 bits per heavy atom. The third kappa shape index (κ3) is 2.25. The number of H-pyrrole nitrogens is 2. The topological polar surface area (TPSA) is 74.4 Å². The zero-order chi connectivity index (χ0) is 16.0. The van der Waals surface area contributed by atoms with Gasteiger partial charge in [-0.15, -0.1) is 11.3 Å². The largest absolute Gasteiger partial charge is 0.306 e. The minimum atomic E-state index is -0.305. The number of thiophene rings is 1. The summed E-state index contributed by atoms with van der Waals surface area (Å²) in [6.45, 7) is 1.93. The van der Waals surface area contributed by atoms with Crippen molar-refractivity contribution in [2.24, 2.45) is 0 Å². The first kappa shape index (κ1) is 13.8. The van der Waals surface area contributed by atoms with E-state index in [9.17, 15) is 9.18 Å². The van der Waals surface area contributed by atoms with E-state index in [1.165, 1.54) is 23.5 Å². The lowest BCUT2D eigenvalue weighted by Crippen LogP contribution is -2.08. The van der Waals surface area contributed by atoms with Crippen molar-refractivity contribution in [2.75, 3.05) is 0 Å². The van der Waals surface area contributed by atoms with Crippen LogP contribution in [0.5, 0.6) is 0 Å². The van der Waals surface area contributed by atoms with Crippen molar-refractivity contribution in [1.29, 1.82) is 0 Å². The molecular weight excluding hydrogens is 315 g/mol. The van der Waals surface area contributed by atoms with Gasteiger partial charge in [-0.25, -0.2) is 9.37 Å². The first-order chi connectivity index (χ1) is 11.1. The monoisotopic (exact) mass is 326 g/mol. The average molecular weight is 326 g/mol. The van der Waals surface area contributed by atoms with Crippen LogP contribution in [0.4, 0.5) is 4.39 Å². The maximum Gasteiger partial charge on any atom is 0.260 e. The zero-order valence-electron chi connectivity index (χ0n) is 12.1. The van der Waals surface area contributed by atoms with Crippen molar-refractivity contribution < 1.29 is 4.39 Å². The molecule has 0 spiro atoms. The predicted molar refractivity (Wildman–Crippen MR) is 88.0 cm³/mol. The molecule has 0 saturated carbocycles. The van der Waals surface area contributed by atoms with Crippen molar-refractivity contribution in [3.8, 4) is 22.5 Å². The number of halogens is 1. The summed E-state index contributed by atoms with van der Waals surface area (Å²) in [6, 6.07) is 6.12. The van der Waals surface area contributed by atoms with Crippen molar-refractivity contribution in [3.63, 3.8) is 0 Å². The molecule has 0 fully saturated rings. The molecule has 0 atom stereocenters. The molecule has 0 unspecified atom stereocenters. The Kier molecular flexibility index (Phi) is 3.09. The minimum Gasteiger partial charge on any atom is -0.306 e. The summed E-state index contributed by atoms with van der Waals surface area (Å²) in [5.41, 5.74) is 2.12. The van der Waals surface area contributed by atoms with Crippen molar-refractivity contribution in [3.05, 3.63) is 57.7 Å². The maximum atomic E-state index is 13.1. The van der Waals surface area contributed by atoms with Crippen LogP contribution in [0.2, 0.25) is 0 Å². The molecule has 0 radical (unpaired) electrons. The zero-order valence-corrected chi connectivity index (χ0v) is 12.9. The van der Waals surface area contributed by atoms with E-state index in [-0.39, 0.29) is 11.4 Å². The Morgan fingerprint density at radius 2 is 1.96 bits per heavy atom. The van der Waals surface area contributed by atoms with Gasteiger partial charge in [-0.2, -0.15) is 5.10 Å². The van der Waals surface area contributed by atoms with E-state index in [4.69, 9.17) is 0 Å². The number of nitrogens with zero attached hydrogens (tertiary/aromatic N) is 2. The van der Waals surface area contributed by atoms with Gasteiger partial charge in [-0.05, 0) is 24.6 Å². The summed E-state index contributed by atoms with van der Waals surface area (Å²) in [5, 5.41) is 7.10. The van der Waals surface area contributed by atoms with Crippen molar-refractivity contribution >= 4 is 21.6 Å². The van der Waals surface area contributed by atoms with Gasteiger partial charge in [0.25, 0.3) is 5.56 Å². The lowest BCUT2D eigenvalue weighted by molar-refractivity contribution is 0.628. The molecule has 3 heterocycles. The predicted octanol–water partition coefficient (Wildman–Crippen LogP) is 3.49. The Balaban J connectivity index is 1.98. The fourth-order valence-corrected chi connectivity index (χ4v) is 3.65. The second-order valence-electron chi connectivity index (χ2n) is 5.12. The van der Waals surface area contributed by atoms with Gasteiger partial charge in [-0.1, -0.05) is 12.1 Å². The van der Waals surface area contributed by atoms with Gasteiger partial charge >= 0.3 is 0 Å². The molecule has 4 aromatic rings. The standard InChI is InChI=1S/C16H11FN4OS/c1-8-12(9-2-4-11(17)5-3-9)13-15(22)20-14(21-16(13)23-8)10-6-18-19-7-10/h2-7H,1H3,(H,18,19)(H,20,21,22). The highest BCUT2D eigenvalue weighted by molar-refractivity contribution is 7.19. The highest BCUT2D eigenvalue weighted by atomic mass is 32.1. The molecule has 3 aromatic heterocycles. The van der Waals surface area contributed by atoms with Crippen LogP contribution in [0.25, 0.3) is 32.7 Å². The number of hydrogen-bond acceptors (Lipinski definition) is 4. The highest BCUT2D eigenvalue weighted by Crippen LogP contribution is 2.36. The van der Waals surface area contributed by atoms with Gasteiger partial charge < -0.3 is 4.98 Å². The van der Waals surface area contributed by atoms with Gasteiger partial charge in [0.05, 0.1) is 17.1 Å². The van der Waals surface area contributed by atoms with E-state index in [1.54, 1.807) is 24.5 Å². The fraction of sp³-hybridized carbons (Fsp3) is 0.0625. The minimum absolute atomic E-state index is 0.213. The number of fused-ring (bicyclic) bond motifs is 1. The normalized spacial score (nSPS) is 11.2. The molecule has 2 N–H and O–H groups in total. The molecule has 23 heavy (non-hydrogen) atoms. The van der Waals surface area contributed by atoms with Gasteiger partial charge in [0.2, 0.25) is 0 Å². The van der Waals surface area contributed by atoms with Gasteiger partial charge in [-0.3, -0.25) is 9.89 Å². The second-order valence-corrected chi connectivity index (χ2v) is 6.33. The van der Waals surface area contributed by atoms with Crippen molar-refractivity contribution in [2.45, 2.75) is 6.92 Å². The number of rotatable bonds is 2. The average Bonchev–Trinajstić information content (AvgIpc) is 3.15.